The normalized spacial score (nSPS) is 14.2. The van der Waals surface area contributed by atoms with Crippen molar-refractivity contribution in [1.82, 2.24) is 0 Å². The maximum Gasteiger partial charge on any atom is 0.531 e. The molecule has 0 spiro atoms. The van der Waals surface area contributed by atoms with Gasteiger partial charge < -0.3 is 4.48 Å². The van der Waals surface area contributed by atoms with Gasteiger partial charge in [-0.15, -0.1) is 0 Å². The van der Waals surface area contributed by atoms with Crippen molar-refractivity contribution in [3.8, 4) is 0 Å². The zero-order valence-corrected chi connectivity index (χ0v) is 15.7. The average Bonchev–Trinajstić information content (AvgIpc) is 2.25. The van der Waals surface area contributed by atoms with Crippen LogP contribution in [0.2, 0.25) is 0 Å². The Morgan fingerprint density at radius 2 is 1.13 bits per heavy atom. The van der Waals surface area contributed by atoms with Crippen LogP contribution in [-0.4, -0.2) is 59.5 Å². The van der Waals surface area contributed by atoms with Gasteiger partial charge in [-0.05, 0) is 13.3 Å². The molecule has 0 unspecified atom stereocenters. The Balaban J connectivity index is 0. The molecule has 5 nitrogen and oxygen atoms in total. The minimum atomic E-state index is -6.26. The van der Waals surface area contributed by atoms with Crippen molar-refractivity contribution in [2.24, 2.45) is 0 Å². The molecule has 0 aliphatic heterocycles. The molecule has 0 N–H and O–H groups in total. The van der Waals surface area contributed by atoms with Crippen LogP contribution in [0.25, 0.3) is 0 Å². The second-order valence-electron chi connectivity index (χ2n) is 5.05. The van der Waals surface area contributed by atoms with Gasteiger partial charge >= 0.3 is 29.9 Å². The largest absolute Gasteiger partial charge is 0.531 e. The van der Waals surface area contributed by atoms with E-state index in [4.69, 9.17) is 0 Å². The van der Waals surface area contributed by atoms with E-state index in [0.717, 1.165) is 4.48 Å². The summed E-state index contributed by atoms with van der Waals surface area (Å²) < 4.78 is 111. The van der Waals surface area contributed by atoms with Crippen molar-refractivity contribution in [3.05, 3.63) is 0 Å². The molecule has 0 aromatic rings. The first-order valence-electron chi connectivity index (χ1n) is 6.12. The summed E-state index contributed by atoms with van der Waals surface area (Å²) in [5.41, 5.74) is -12.0. The Kier molecular flexibility index (Phi) is 9.07. The minimum Gasteiger partial charge on any atom is -0.329 e. The van der Waals surface area contributed by atoms with Crippen LogP contribution in [0.5, 0.6) is 0 Å². The molecule has 0 bridgehead atoms. The molecule has 23 heavy (non-hydrogen) atoms. The molecular weight excluding hydrogens is 395 g/mol. The quantitative estimate of drug-likeness (QED) is 0.393. The lowest BCUT2D eigenvalue weighted by molar-refractivity contribution is -0.888. The summed E-state index contributed by atoms with van der Waals surface area (Å²) in [5, 5.41) is 0. The van der Waals surface area contributed by atoms with Crippen LogP contribution in [0, 0.1) is 0 Å². The summed E-state index contributed by atoms with van der Waals surface area (Å²) in [6, 6.07) is 0. The zero-order chi connectivity index (χ0) is 19.3. The van der Waals surface area contributed by atoms with Gasteiger partial charge in [0.25, 0.3) is 0 Å². The molecular formula is C9H20F6NO4PS2+2. The van der Waals surface area contributed by atoms with E-state index in [2.05, 4.69) is 27.9 Å². The van der Waals surface area contributed by atoms with Gasteiger partial charge in [0, 0.05) is 0 Å². The summed E-state index contributed by atoms with van der Waals surface area (Å²) >= 11 is 0. The maximum atomic E-state index is 11.6. The molecule has 0 heterocycles. The molecule has 0 aliphatic rings. The molecule has 0 amide bonds. The van der Waals surface area contributed by atoms with E-state index in [9.17, 15) is 43.2 Å². The van der Waals surface area contributed by atoms with Gasteiger partial charge in [0.05, 0.1) is 27.2 Å². The van der Waals surface area contributed by atoms with E-state index in [-0.39, 0.29) is 0 Å². The van der Waals surface area contributed by atoms with E-state index in [1.165, 1.54) is 19.5 Å². The second-order valence-corrected chi connectivity index (χ2v) is 14.4. The minimum absolute atomic E-state index is 1.16. The smallest absolute Gasteiger partial charge is 0.329 e. The highest BCUT2D eigenvalue weighted by Gasteiger charge is 2.61. The predicted octanol–water partition coefficient (Wildman–Crippen LogP) is 2.59. The molecule has 142 valence electrons. The fraction of sp³-hybridized carbons (Fsp3) is 1.00. The van der Waals surface area contributed by atoms with Gasteiger partial charge in [-0.3, -0.25) is 0 Å². The first-order valence-corrected chi connectivity index (χ1v) is 12.0. The Labute approximate surface area is 132 Å². The molecule has 0 aliphatic carbocycles. The van der Waals surface area contributed by atoms with Gasteiger partial charge in [-0.1, -0.05) is 6.92 Å². The van der Waals surface area contributed by atoms with Crippen molar-refractivity contribution in [1.29, 1.82) is 0 Å². The summed E-state index contributed by atoms with van der Waals surface area (Å²) in [4.78, 5) is 0. The fourth-order valence-corrected chi connectivity index (χ4v) is 8.21. The highest BCUT2D eigenvalue weighted by atomic mass is 33.1. The highest BCUT2D eigenvalue weighted by Crippen LogP contribution is 2.46. The second kappa shape index (κ2) is 8.30. The topological polar surface area (TPSA) is 68.3 Å². The number of alkyl halides is 6. The van der Waals surface area contributed by atoms with Crippen molar-refractivity contribution in [3.63, 3.8) is 0 Å². The monoisotopic (exact) mass is 415 g/mol. The Morgan fingerprint density at radius 3 is 1.26 bits per heavy atom. The van der Waals surface area contributed by atoms with Crippen molar-refractivity contribution in [2.45, 2.75) is 31.3 Å². The summed E-state index contributed by atoms with van der Waals surface area (Å²) in [6.07, 6.45) is 1.29. The van der Waals surface area contributed by atoms with Crippen LogP contribution in [0.4, 0.5) is 26.3 Å². The number of halogens is 6. The lowest BCUT2D eigenvalue weighted by Crippen LogP contribution is -2.39. The van der Waals surface area contributed by atoms with Crippen LogP contribution in [0.15, 0.2) is 0 Å². The first-order chi connectivity index (χ1) is 9.83. The summed E-state index contributed by atoms with van der Waals surface area (Å²) in [7, 11) is -7.99. The molecule has 0 rings (SSSR count). The molecule has 0 saturated carbocycles. The number of quaternary nitrogens is 1. The first kappa shape index (κ1) is 25.1. The van der Waals surface area contributed by atoms with Crippen LogP contribution >= 0.6 is 6.98 Å². The molecule has 0 aromatic heterocycles. The van der Waals surface area contributed by atoms with Gasteiger partial charge in [-0.25, -0.2) is 0 Å². The predicted molar refractivity (Wildman–Crippen MR) is 77.5 cm³/mol. The Bertz CT molecular complexity index is 526. The van der Waals surface area contributed by atoms with Crippen LogP contribution in [0.1, 0.15) is 20.3 Å². The van der Waals surface area contributed by atoms with Crippen LogP contribution < -0.4 is 0 Å². The molecule has 0 aromatic carbocycles. The zero-order valence-electron chi connectivity index (χ0n) is 12.9. The van der Waals surface area contributed by atoms with Gasteiger partial charge in [0.15, 0.2) is 0 Å². The van der Waals surface area contributed by atoms with Crippen LogP contribution in [0.3, 0.4) is 0 Å². The van der Waals surface area contributed by atoms with E-state index >= 15 is 0 Å². The lowest BCUT2D eigenvalue weighted by atomic mass is 10.4. The van der Waals surface area contributed by atoms with Gasteiger partial charge in [0.2, 0.25) is 6.98 Å². The number of nitrogens with zero attached hydrogens (tertiary/aromatic N) is 1. The standard InChI is InChI=1S/C7H18N.C2HF6O4PS2/c1-5-7-8(3,4)6-2;3-1(4,5)14(9,10)13-15(11,12)2(6,7)8/h5-7H2,1-4H3;13H/q+1;/p+1. The Morgan fingerprint density at radius 1 is 0.826 bits per heavy atom. The van der Waals surface area contributed by atoms with E-state index < -0.39 is 36.9 Å². The third-order valence-electron chi connectivity index (χ3n) is 2.58. The maximum absolute atomic E-state index is 11.6. The lowest BCUT2D eigenvalue weighted by Gasteiger charge is -2.27. The molecule has 0 fully saturated rings. The molecule has 0 radical (unpaired) electrons. The number of hydrogen-bond acceptors (Lipinski definition) is 4. The number of rotatable bonds is 5. The summed E-state index contributed by atoms with van der Waals surface area (Å²) in [5.74, 6) is 0. The average molecular weight is 415 g/mol. The van der Waals surface area contributed by atoms with Crippen molar-refractivity contribution >= 4 is 25.9 Å². The summed E-state index contributed by atoms with van der Waals surface area (Å²) in [6.45, 7) is 3.13. The highest BCUT2D eigenvalue weighted by molar-refractivity contribution is 8.76. The molecule has 14 heteroatoms. The van der Waals surface area contributed by atoms with Gasteiger partial charge in [-0.2, -0.15) is 43.2 Å². The third kappa shape index (κ3) is 9.06. The van der Waals surface area contributed by atoms with Crippen molar-refractivity contribution in [2.75, 3.05) is 27.2 Å². The SMILES string of the molecule is CCC[N+](C)(C)CC.O=S(=O)([PH2+]S(=O)(=O)C(F)(F)F)C(F)(F)F. The molecule has 0 saturated heterocycles. The van der Waals surface area contributed by atoms with Crippen LogP contribution in [-0.2, 0) is 18.9 Å². The van der Waals surface area contributed by atoms with Crippen molar-refractivity contribution < 1.29 is 47.7 Å². The number of hydrogen-bond donors (Lipinski definition) is 0. The van der Waals surface area contributed by atoms with E-state index in [0.29, 0.717) is 0 Å². The molecule has 0 atom stereocenters. The van der Waals surface area contributed by atoms with E-state index in [1.807, 2.05) is 0 Å². The third-order valence-corrected chi connectivity index (χ3v) is 12.1. The fourth-order valence-electron chi connectivity index (χ4n) is 1.04. The van der Waals surface area contributed by atoms with Gasteiger partial charge in [0.1, 0.15) is 0 Å². The van der Waals surface area contributed by atoms with E-state index in [1.54, 1.807) is 0 Å². The Hall–Kier alpha value is -0.130.